The van der Waals surface area contributed by atoms with Crippen molar-refractivity contribution in [1.82, 2.24) is 20.1 Å². The second-order valence-electron chi connectivity index (χ2n) is 11.5. The Labute approximate surface area is 250 Å². The van der Waals surface area contributed by atoms with Crippen LogP contribution < -0.4 is 5.32 Å². The van der Waals surface area contributed by atoms with Crippen molar-refractivity contribution < 1.29 is 37.4 Å². The first-order valence-corrected chi connectivity index (χ1v) is 14.7. The molecular formula is C29H32F3N5O5S. The second kappa shape index (κ2) is 11.4. The van der Waals surface area contributed by atoms with Crippen molar-refractivity contribution >= 4 is 35.0 Å². The van der Waals surface area contributed by atoms with Crippen molar-refractivity contribution in [1.29, 1.82) is 0 Å². The number of aliphatic carboxylic acids is 1. The van der Waals surface area contributed by atoms with Gasteiger partial charge in [0.1, 0.15) is 17.9 Å². The van der Waals surface area contributed by atoms with Crippen LogP contribution in [0.5, 0.6) is 0 Å². The molecule has 10 nitrogen and oxygen atoms in total. The van der Waals surface area contributed by atoms with Crippen molar-refractivity contribution in [2.75, 3.05) is 32.8 Å². The number of amidine groups is 1. The number of amides is 1. The van der Waals surface area contributed by atoms with Gasteiger partial charge in [-0.1, -0.05) is 12.1 Å². The summed E-state index contributed by atoms with van der Waals surface area (Å²) in [6.45, 7) is 4.39. The Morgan fingerprint density at radius 1 is 1.33 bits per heavy atom. The molecule has 0 aliphatic carbocycles. The second-order valence-corrected chi connectivity index (χ2v) is 12.4. The third-order valence-electron chi connectivity index (χ3n) is 8.10. The highest BCUT2D eigenvalue weighted by molar-refractivity contribution is 7.11. The van der Waals surface area contributed by atoms with Gasteiger partial charge in [-0.05, 0) is 44.9 Å². The van der Waals surface area contributed by atoms with Gasteiger partial charge in [0.15, 0.2) is 22.7 Å². The Morgan fingerprint density at radius 2 is 2.07 bits per heavy atom. The first kappa shape index (κ1) is 30.7. The van der Waals surface area contributed by atoms with Gasteiger partial charge < -0.3 is 20.1 Å². The number of hydrogen-bond donors (Lipinski definition) is 2. The van der Waals surface area contributed by atoms with E-state index in [9.17, 15) is 23.9 Å². The Hall–Kier alpha value is -3.78. The molecule has 1 aromatic heterocycles. The first-order chi connectivity index (χ1) is 20.3. The molecule has 1 aromatic carbocycles. The highest BCUT2D eigenvalue weighted by Crippen LogP contribution is 2.43. The van der Waals surface area contributed by atoms with Gasteiger partial charge in [-0.3, -0.25) is 19.5 Å². The van der Waals surface area contributed by atoms with Crippen LogP contribution in [0.4, 0.5) is 13.2 Å². The SMILES string of the molecule is CCOC(=O)C1=C(CN2CC(F)C3(F)CN(CC(C)(C)C(=O)O)C(=O)C23)NC(c2nccs2)=NC1c1cccc(F)c1C. The minimum Gasteiger partial charge on any atom is -0.481 e. The van der Waals surface area contributed by atoms with E-state index in [1.54, 1.807) is 31.5 Å². The maximum absolute atomic E-state index is 16.3. The lowest BCUT2D eigenvalue weighted by molar-refractivity contribution is -0.149. The summed E-state index contributed by atoms with van der Waals surface area (Å²) in [5, 5.41) is 14.8. The molecule has 3 aliphatic heterocycles. The van der Waals surface area contributed by atoms with Crippen molar-refractivity contribution in [3.63, 3.8) is 0 Å². The predicted octanol–water partition coefficient (Wildman–Crippen LogP) is 3.18. The number of esters is 1. The Balaban J connectivity index is 1.57. The minimum atomic E-state index is -2.59. The highest BCUT2D eigenvalue weighted by atomic mass is 32.1. The molecule has 1 amide bonds. The van der Waals surface area contributed by atoms with E-state index in [0.29, 0.717) is 10.6 Å². The molecule has 2 fully saturated rings. The molecule has 2 saturated heterocycles. The van der Waals surface area contributed by atoms with E-state index in [1.807, 2.05) is 0 Å². The van der Waals surface area contributed by atoms with Crippen molar-refractivity contribution in [2.45, 2.75) is 51.6 Å². The van der Waals surface area contributed by atoms with Gasteiger partial charge in [0.05, 0.1) is 24.1 Å². The molecule has 43 heavy (non-hydrogen) atoms. The van der Waals surface area contributed by atoms with Crippen molar-refractivity contribution in [3.05, 3.63) is 63.0 Å². The number of ether oxygens (including phenoxy) is 1. The van der Waals surface area contributed by atoms with E-state index in [-0.39, 0.29) is 42.4 Å². The molecule has 14 heteroatoms. The molecule has 0 bridgehead atoms. The number of thiazole rings is 1. The monoisotopic (exact) mass is 619 g/mol. The van der Waals surface area contributed by atoms with Crippen LogP contribution in [0.3, 0.4) is 0 Å². The topological polar surface area (TPSA) is 124 Å². The van der Waals surface area contributed by atoms with Gasteiger partial charge in [-0.15, -0.1) is 11.3 Å². The standard InChI is InChI=1S/C29H32F3N5O5S/c1-5-42-26(39)20-18(34-23(24-33-9-10-43-24)35-21(20)16-7-6-8-17(30)15(16)2)11-36-12-19(31)29(32)14-37(25(38)22(29)36)13-28(3,4)27(40)41/h6-10,19,21-22H,5,11-14H2,1-4H3,(H,34,35)(H,40,41). The summed E-state index contributed by atoms with van der Waals surface area (Å²) in [4.78, 5) is 50.0. The maximum Gasteiger partial charge on any atom is 0.338 e. The quantitative estimate of drug-likeness (QED) is 0.411. The van der Waals surface area contributed by atoms with Gasteiger partial charge >= 0.3 is 11.9 Å². The average Bonchev–Trinajstić information content (AvgIpc) is 3.62. The van der Waals surface area contributed by atoms with Gasteiger partial charge in [-0.2, -0.15) is 0 Å². The van der Waals surface area contributed by atoms with Crippen LogP contribution in [0.15, 0.2) is 46.0 Å². The number of nitrogens with zero attached hydrogens (tertiary/aromatic N) is 4. The zero-order chi connectivity index (χ0) is 31.3. The molecule has 0 radical (unpaired) electrons. The van der Waals surface area contributed by atoms with Crippen molar-refractivity contribution in [2.24, 2.45) is 10.4 Å². The van der Waals surface area contributed by atoms with Crippen LogP contribution in [0.2, 0.25) is 0 Å². The molecule has 5 rings (SSSR count). The number of likely N-dealkylation sites (tertiary alicyclic amines) is 2. The number of carboxylic acid groups (broad SMARTS) is 1. The van der Waals surface area contributed by atoms with Gasteiger partial charge in [0, 0.05) is 36.9 Å². The number of alkyl halides is 2. The Morgan fingerprint density at radius 3 is 2.72 bits per heavy atom. The fraction of sp³-hybridized carbons (Fsp3) is 0.483. The lowest BCUT2D eigenvalue weighted by Crippen LogP contribution is -2.48. The number of halogens is 3. The molecular weight excluding hydrogens is 587 g/mol. The van der Waals surface area contributed by atoms with E-state index in [0.717, 1.165) is 4.90 Å². The van der Waals surface area contributed by atoms with Crippen LogP contribution in [-0.2, 0) is 19.1 Å². The number of carbonyl (C=O) groups is 3. The molecule has 4 atom stereocenters. The molecule has 0 spiro atoms. The fourth-order valence-electron chi connectivity index (χ4n) is 5.83. The largest absolute Gasteiger partial charge is 0.481 e. The van der Waals surface area contributed by atoms with Crippen molar-refractivity contribution in [3.8, 4) is 0 Å². The number of aromatic nitrogens is 1. The number of carbonyl (C=O) groups excluding carboxylic acids is 2. The van der Waals surface area contributed by atoms with Crippen LogP contribution in [0.25, 0.3) is 0 Å². The van der Waals surface area contributed by atoms with Crippen LogP contribution in [-0.4, -0.2) is 94.2 Å². The summed E-state index contributed by atoms with van der Waals surface area (Å²) in [7, 11) is 0. The third kappa shape index (κ3) is 5.42. The summed E-state index contributed by atoms with van der Waals surface area (Å²) >= 11 is 1.26. The summed E-state index contributed by atoms with van der Waals surface area (Å²) in [5.74, 6) is -2.92. The minimum absolute atomic E-state index is 0.0111. The molecule has 2 N–H and O–H groups in total. The summed E-state index contributed by atoms with van der Waals surface area (Å²) in [6.07, 6.45) is -0.490. The lowest BCUT2D eigenvalue weighted by atomic mass is 9.92. The van der Waals surface area contributed by atoms with E-state index >= 15 is 8.78 Å². The first-order valence-electron chi connectivity index (χ1n) is 13.8. The molecule has 4 heterocycles. The lowest BCUT2D eigenvalue weighted by Gasteiger charge is -2.32. The molecule has 3 aliphatic rings. The maximum atomic E-state index is 16.3. The summed E-state index contributed by atoms with van der Waals surface area (Å²) in [5.41, 5.74) is -3.14. The number of fused-ring (bicyclic) bond motifs is 1. The molecule has 4 unspecified atom stereocenters. The van der Waals surface area contributed by atoms with Gasteiger partial charge in [-0.25, -0.2) is 22.9 Å². The third-order valence-corrected chi connectivity index (χ3v) is 8.88. The normalized spacial score (nSPS) is 25.9. The van der Waals surface area contributed by atoms with E-state index in [4.69, 9.17) is 9.73 Å². The number of benzene rings is 1. The average molecular weight is 620 g/mol. The Kier molecular flexibility index (Phi) is 8.11. The smallest absolute Gasteiger partial charge is 0.338 e. The Bertz CT molecular complexity index is 1510. The molecule has 230 valence electrons. The highest BCUT2D eigenvalue weighted by Gasteiger charge is 2.65. The number of rotatable bonds is 9. The van der Waals surface area contributed by atoms with E-state index < -0.39 is 66.1 Å². The van der Waals surface area contributed by atoms with Crippen LogP contribution in [0, 0.1) is 18.2 Å². The molecule has 0 saturated carbocycles. The van der Waals surface area contributed by atoms with Crippen LogP contribution in [0.1, 0.15) is 42.9 Å². The predicted molar refractivity (Wildman–Crippen MR) is 151 cm³/mol. The summed E-state index contributed by atoms with van der Waals surface area (Å²) < 4.78 is 51.7. The number of carboxylic acids is 1. The zero-order valence-corrected chi connectivity index (χ0v) is 24.9. The number of aliphatic imine (C=N–C) groups is 1. The fourth-order valence-corrected chi connectivity index (χ4v) is 6.42. The summed E-state index contributed by atoms with van der Waals surface area (Å²) in [6, 6.07) is 1.82. The van der Waals surface area contributed by atoms with Gasteiger partial charge in [0.25, 0.3) is 0 Å². The molecule has 2 aromatic rings. The van der Waals surface area contributed by atoms with Crippen LogP contribution >= 0.6 is 11.3 Å². The number of nitrogens with one attached hydrogen (secondary N) is 1. The van der Waals surface area contributed by atoms with E-state index in [1.165, 1.54) is 42.2 Å². The number of hydrogen-bond acceptors (Lipinski definition) is 9. The van der Waals surface area contributed by atoms with Gasteiger partial charge in [0.2, 0.25) is 5.91 Å². The van der Waals surface area contributed by atoms with E-state index in [2.05, 4.69) is 10.3 Å². The zero-order valence-electron chi connectivity index (χ0n) is 24.1.